The van der Waals surface area contributed by atoms with Gasteiger partial charge in [-0.25, -0.2) is 0 Å². The van der Waals surface area contributed by atoms with Crippen LogP contribution in [0, 0.1) is 6.92 Å². The van der Waals surface area contributed by atoms with Gasteiger partial charge in [0.05, 0.1) is 11.3 Å². The minimum Gasteiger partial charge on any atom is -0.385 e. The van der Waals surface area contributed by atoms with Crippen LogP contribution in [0.4, 0.5) is 0 Å². The van der Waals surface area contributed by atoms with Crippen molar-refractivity contribution < 1.29 is 5.11 Å². The Labute approximate surface area is 102 Å². The lowest BCUT2D eigenvalue weighted by Gasteiger charge is -2.42. The van der Waals surface area contributed by atoms with Crippen LogP contribution in [0.3, 0.4) is 0 Å². The maximum absolute atomic E-state index is 11.0. The molecule has 2 bridgehead atoms. The van der Waals surface area contributed by atoms with Crippen LogP contribution in [0.25, 0.3) is 0 Å². The van der Waals surface area contributed by atoms with Crippen LogP contribution in [0.15, 0.2) is 6.20 Å². The molecule has 1 aromatic heterocycles. The fraction of sp³-hybridized carbons (Fsp3) is 0.769. The van der Waals surface area contributed by atoms with E-state index >= 15 is 0 Å². The molecule has 0 radical (unpaired) electrons. The van der Waals surface area contributed by atoms with Crippen molar-refractivity contribution in [1.29, 1.82) is 0 Å². The van der Waals surface area contributed by atoms with E-state index in [0.29, 0.717) is 12.1 Å². The molecular formula is C13H21N3O. The highest BCUT2D eigenvalue weighted by Gasteiger charge is 2.47. The van der Waals surface area contributed by atoms with E-state index in [1.165, 1.54) is 12.8 Å². The van der Waals surface area contributed by atoms with Gasteiger partial charge in [0.25, 0.3) is 0 Å². The molecule has 4 nitrogen and oxygen atoms in total. The first-order valence-corrected chi connectivity index (χ1v) is 6.45. The second kappa shape index (κ2) is 3.56. The number of fused-ring (bicyclic) bond motifs is 2. The molecule has 2 fully saturated rings. The third kappa shape index (κ3) is 1.62. The predicted molar refractivity (Wildman–Crippen MR) is 65.6 cm³/mol. The molecule has 2 atom stereocenters. The first kappa shape index (κ1) is 11.2. The van der Waals surface area contributed by atoms with Gasteiger partial charge in [-0.15, -0.1) is 0 Å². The van der Waals surface area contributed by atoms with Crippen molar-refractivity contribution in [2.24, 2.45) is 7.05 Å². The summed E-state index contributed by atoms with van der Waals surface area (Å²) in [5.74, 6) is 0. The van der Waals surface area contributed by atoms with E-state index in [2.05, 4.69) is 17.0 Å². The molecule has 94 valence electrons. The summed E-state index contributed by atoms with van der Waals surface area (Å²) >= 11 is 0. The van der Waals surface area contributed by atoms with Crippen molar-refractivity contribution in [3.8, 4) is 0 Å². The molecule has 1 aromatic rings. The molecule has 17 heavy (non-hydrogen) atoms. The molecule has 3 rings (SSSR count). The minimum absolute atomic E-state index is 0.540. The summed E-state index contributed by atoms with van der Waals surface area (Å²) in [6.45, 7) is 1.99. The second-order valence-electron chi connectivity index (χ2n) is 5.79. The lowest BCUT2D eigenvalue weighted by Crippen LogP contribution is -2.47. The van der Waals surface area contributed by atoms with Crippen LogP contribution in [-0.4, -0.2) is 38.9 Å². The van der Waals surface area contributed by atoms with Crippen LogP contribution < -0.4 is 0 Å². The third-order valence-electron chi connectivity index (χ3n) is 4.65. The largest absolute Gasteiger partial charge is 0.385 e. The highest BCUT2D eigenvalue weighted by atomic mass is 16.3. The van der Waals surface area contributed by atoms with Crippen molar-refractivity contribution in [3.05, 3.63) is 17.5 Å². The SMILES string of the molecule is Cc1nn(C)cc1C1(O)CC2CCC(C1)N2C. The Kier molecular flexibility index (Phi) is 2.35. The topological polar surface area (TPSA) is 41.3 Å². The summed E-state index contributed by atoms with van der Waals surface area (Å²) in [6, 6.07) is 1.08. The van der Waals surface area contributed by atoms with Gasteiger partial charge < -0.3 is 10.0 Å². The standard InChI is InChI=1S/C13H21N3O/c1-9-12(8-15(2)14-9)13(17)6-10-4-5-11(7-13)16(10)3/h8,10-11,17H,4-7H2,1-3H3. The van der Waals surface area contributed by atoms with Gasteiger partial charge in [-0.05, 0) is 39.7 Å². The Morgan fingerprint density at radius 1 is 1.29 bits per heavy atom. The average Bonchev–Trinajstić information content (AvgIpc) is 2.69. The molecule has 0 aromatic carbocycles. The highest BCUT2D eigenvalue weighted by Crippen LogP contribution is 2.45. The first-order chi connectivity index (χ1) is 7.99. The molecule has 3 heterocycles. The molecule has 0 amide bonds. The number of hydrogen-bond acceptors (Lipinski definition) is 3. The van der Waals surface area contributed by atoms with E-state index in [4.69, 9.17) is 0 Å². The molecule has 2 saturated heterocycles. The molecule has 2 aliphatic heterocycles. The van der Waals surface area contributed by atoms with Gasteiger partial charge in [0.15, 0.2) is 0 Å². The van der Waals surface area contributed by atoms with E-state index in [9.17, 15) is 5.11 Å². The highest BCUT2D eigenvalue weighted by molar-refractivity contribution is 5.26. The summed E-state index contributed by atoms with van der Waals surface area (Å²) < 4.78 is 1.81. The third-order valence-corrected chi connectivity index (χ3v) is 4.65. The quantitative estimate of drug-likeness (QED) is 0.794. The summed E-state index contributed by atoms with van der Waals surface area (Å²) in [5, 5.41) is 15.3. The minimum atomic E-state index is -0.656. The molecule has 2 unspecified atom stereocenters. The van der Waals surface area contributed by atoms with Crippen molar-refractivity contribution in [3.63, 3.8) is 0 Å². The Morgan fingerprint density at radius 2 is 1.88 bits per heavy atom. The summed E-state index contributed by atoms with van der Waals surface area (Å²) in [7, 11) is 4.11. The number of aromatic nitrogens is 2. The average molecular weight is 235 g/mol. The zero-order valence-electron chi connectivity index (χ0n) is 10.8. The molecule has 0 spiro atoms. The zero-order valence-corrected chi connectivity index (χ0v) is 10.8. The second-order valence-corrected chi connectivity index (χ2v) is 5.79. The van der Waals surface area contributed by atoms with Gasteiger partial charge in [-0.1, -0.05) is 0 Å². The smallest absolute Gasteiger partial charge is 0.0959 e. The summed E-state index contributed by atoms with van der Waals surface area (Å²) in [6.07, 6.45) is 6.14. The van der Waals surface area contributed by atoms with Crippen LogP contribution in [0.2, 0.25) is 0 Å². The van der Waals surface area contributed by atoms with Gasteiger partial charge in [0, 0.05) is 30.9 Å². The van der Waals surface area contributed by atoms with E-state index in [-0.39, 0.29) is 0 Å². The Morgan fingerprint density at radius 3 is 2.35 bits per heavy atom. The van der Waals surface area contributed by atoms with Crippen molar-refractivity contribution in [1.82, 2.24) is 14.7 Å². The van der Waals surface area contributed by atoms with Crippen LogP contribution in [0.5, 0.6) is 0 Å². The molecular weight excluding hydrogens is 214 g/mol. The Bertz CT molecular complexity index is 426. The summed E-state index contributed by atoms with van der Waals surface area (Å²) in [4.78, 5) is 2.44. The van der Waals surface area contributed by atoms with Gasteiger partial charge in [0.2, 0.25) is 0 Å². The molecule has 4 heteroatoms. The number of piperidine rings is 1. The van der Waals surface area contributed by atoms with Gasteiger partial charge in [-0.3, -0.25) is 4.68 Å². The lowest BCUT2D eigenvalue weighted by atomic mass is 9.81. The lowest BCUT2D eigenvalue weighted by molar-refractivity contribution is -0.0497. The van der Waals surface area contributed by atoms with Gasteiger partial charge in [0.1, 0.15) is 0 Å². The molecule has 0 saturated carbocycles. The Hall–Kier alpha value is -0.870. The number of rotatable bonds is 1. The summed E-state index contributed by atoms with van der Waals surface area (Å²) in [5.41, 5.74) is 1.35. The fourth-order valence-electron chi connectivity index (χ4n) is 3.72. The van der Waals surface area contributed by atoms with Crippen LogP contribution in [0.1, 0.15) is 36.9 Å². The van der Waals surface area contributed by atoms with Gasteiger partial charge in [-0.2, -0.15) is 5.10 Å². The van der Waals surface area contributed by atoms with E-state index in [1.807, 2.05) is 24.9 Å². The predicted octanol–water partition coefficient (Wildman–Crippen LogP) is 1.17. The molecule has 0 aliphatic carbocycles. The zero-order chi connectivity index (χ0) is 12.2. The number of aryl methyl sites for hydroxylation is 2. The normalized spacial score (nSPS) is 37.6. The number of hydrogen-bond donors (Lipinski definition) is 1. The van der Waals surface area contributed by atoms with E-state index < -0.39 is 5.60 Å². The monoisotopic (exact) mass is 235 g/mol. The van der Waals surface area contributed by atoms with Crippen molar-refractivity contribution in [2.75, 3.05) is 7.05 Å². The number of aliphatic hydroxyl groups is 1. The molecule has 1 N–H and O–H groups in total. The fourth-order valence-corrected chi connectivity index (χ4v) is 3.72. The van der Waals surface area contributed by atoms with Gasteiger partial charge >= 0.3 is 0 Å². The first-order valence-electron chi connectivity index (χ1n) is 6.45. The maximum atomic E-state index is 11.0. The van der Waals surface area contributed by atoms with Crippen molar-refractivity contribution >= 4 is 0 Å². The number of nitrogens with zero attached hydrogens (tertiary/aromatic N) is 3. The Balaban J connectivity index is 1.95. The molecule has 2 aliphatic rings. The maximum Gasteiger partial charge on any atom is 0.0959 e. The van der Waals surface area contributed by atoms with Crippen LogP contribution in [-0.2, 0) is 12.6 Å². The van der Waals surface area contributed by atoms with Crippen LogP contribution >= 0.6 is 0 Å². The van der Waals surface area contributed by atoms with E-state index in [0.717, 1.165) is 24.1 Å². The van der Waals surface area contributed by atoms with E-state index in [1.54, 1.807) is 0 Å². The van der Waals surface area contributed by atoms with Crippen molar-refractivity contribution in [2.45, 2.75) is 50.3 Å².